The summed E-state index contributed by atoms with van der Waals surface area (Å²) in [5.41, 5.74) is 2.97. The van der Waals surface area contributed by atoms with Gasteiger partial charge in [0.15, 0.2) is 5.78 Å². The number of ketones is 1. The summed E-state index contributed by atoms with van der Waals surface area (Å²) in [7, 11) is 0. The van der Waals surface area contributed by atoms with E-state index in [0.29, 0.717) is 34.0 Å². The zero-order chi connectivity index (χ0) is 18.4. The molecule has 0 fully saturated rings. The molecular formula is C20H20ClNO3. The van der Waals surface area contributed by atoms with E-state index >= 15 is 0 Å². The normalized spacial score (nSPS) is 10.2. The molecule has 0 aromatic heterocycles. The van der Waals surface area contributed by atoms with Crippen molar-refractivity contribution in [3.63, 3.8) is 0 Å². The summed E-state index contributed by atoms with van der Waals surface area (Å²) in [5.74, 6) is -0.589. The predicted molar refractivity (Wildman–Crippen MR) is 100 cm³/mol. The number of nitrogens with one attached hydrogen (secondary N) is 1. The van der Waals surface area contributed by atoms with Gasteiger partial charge in [-0.1, -0.05) is 41.9 Å². The van der Waals surface area contributed by atoms with Crippen LogP contribution in [0.2, 0.25) is 5.02 Å². The van der Waals surface area contributed by atoms with Gasteiger partial charge in [-0.15, -0.1) is 0 Å². The van der Waals surface area contributed by atoms with Gasteiger partial charge in [0.1, 0.15) is 6.61 Å². The summed E-state index contributed by atoms with van der Waals surface area (Å²) < 4.78 is 5.05. The highest BCUT2D eigenvalue weighted by Crippen LogP contribution is 2.24. The molecule has 0 amide bonds. The third-order valence-electron chi connectivity index (χ3n) is 3.54. The van der Waals surface area contributed by atoms with Gasteiger partial charge < -0.3 is 10.1 Å². The van der Waals surface area contributed by atoms with Gasteiger partial charge in [0.05, 0.1) is 5.02 Å². The first kappa shape index (κ1) is 18.7. The van der Waals surface area contributed by atoms with E-state index in [9.17, 15) is 9.59 Å². The van der Waals surface area contributed by atoms with Gasteiger partial charge in [-0.05, 0) is 38.1 Å². The lowest BCUT2D eigenvalue weighted by Crippen LogP contribution is -2.16. The molecule has 0 radical (unpaired) electrons. The van der Waals surface area contributed by atoms with Gasteiger partial charge in [-0.3, -0.25) is 4.79 Å². The molecule has 0 aliphatic carbocycles. The van der Waals surface area contributed by atoms with Crippen molar-refractivity contribution in [2.24, 2.45) is 0 Å². The number of halogens is 1. The third-order valence-corrected chi connectivity index (χ3v) is 3.87. The Kier molecular flexibility index (Phi) is 6.37. The Morgan fingerprint density at radius 1 is 1.16 bits per heavy atom. The summed E-state index contributed by atoms with van der Waals surface area (Å²) >= 11 is 6.15. The van der Waals surface area contributed by atoms with Crippen molar-refractivity contribution in [3.05, 3.63) is 76.3 Å². The monoisotopic (exact) mass is 357 g/mol. The molecule has 0 atom stereocenters. The standard InChI is InChI=1S/C20H20ClNO3/c1-13(2)20(24)25-11-10-22-18-9-8-14(3)12-16(18)19(23)15-6-4-5-7-17(15)21/h4-9,12,22H,1,10-11H2,2-3H3. The highest BCUT2D eigenvalue weighted by Gasteiger charge is 2.16. The first-order valence-corrected chi connectivity index (χ1v) is 8.24. The fraction of sp³-hybridized carbons (Fsp3) is 0.200. The molecule has 2 aromatic rings. The van der Waals surface area contributed by atoms with Crippen molar-refractivity contribution in [1.29, 1.82) is 0 Å². The maximum Gasteiger partial charge on any atom is 0.333 e. The molecule has 2 aromatic carbocycles. The van der Waals surface area contributed by atoms with Crippen LogP contribution in [-0.4, -0.2) is 24.9 Å². The lowest BCUT2D eigenvalue weighted by atomic mass is 9.99. The minimum Gasteiger partial charge on any atom is -0.460 e. The fourth-order valence-corrected chi connectivity index (χ4v) is 2.46. The van der Waals surface area contributed by atoms with Crippen molar-refractivity contribution in [2.75, 3.05) is 18.5 Å². The minimum atomic E-state index is -0.432. The number of esters is 1. The first-order chi connectivity index (χ1) is 11.9. The second-order valence-electron chi connectivity index (χ2n) is 5.70. The van der Waals surface area contributed by atoms with Crippen LogP contribution in [-0.2, 0) is 9.53 Å². The van der Waals surface area contributed by atoms with E-state index in [4.69, 9.17) is 16.3 Å². The van der Waals surface area contributed by atoms with Gasteiger partial charge >= 0.3 is 5.97 Å². The van der Waals surface area contributed by atoms with Crippen LogP contribution in [0.5, 0.6) is 0 Å². The molecule has 4 nitrogen and oxygen atoms in total. The number of hydrogen-bond acceptors (Lipinski definition) is 4. The maximum atomic E-state index is 12.8. The number of benzene rings is 2. The van der Waals surface area contributed by atoms with E-state index in [2.05, 4.69) is 11.9 Å². The molecule has 0 saturated heterocycles. The summed E-state index contributed by atoms with van der Waals surface area (Å²) in [5, 5.41) is 3.55. The van der Waals surface area contributed by atoms with Gasteiger partial charge in [0.25, 0.3) is 0 Å². The topological polar surface area (TPSA) is 55.4 Å². The zero-order valence-electron chi connectivity index (χ0n) is 14.3. The Labute approximate surface area is 152 Å². The summed E-state index contributed by atoms with van der Waals surface area (Å²) in [4.78, 5) is 24.2. The average Bonchev–Trinajstić information content (AvgIpc) is 2.59. The molecule has 0 aliphatic rings. The molecule has 0 heterocycles. The molecule has 5 heteroatoms. The Morgan fingerprint density at radius 3 is 2.56 bits per heavy atom. The fourth-order valence-electron chi connectivity index (χ4n) is 2.24. The van der Waals surface area contributed by atoms with E-state index in [-0.39, 0.29) is 12.4 Å². The quantitative estimate of drug-likeness (QED) is 0.345. The average molecular weight is 358 g/mol. The predicted octanol–water partition coefficient (Wildman–Crippen LogP) is 4.41. The molecule has 0 unspecified atom stereocenters. The van der Waals surface area contributed by atoms with Crippen LogP contribution in [0.25, 0.3) is 0 Å². The number of rotatable bonds is 7. The van der Waals surface area contributed by atoms with Crippen LogP contribution in [0, 0.1) is 6.92 Å². The molecule has 25 heavy (non-hydrogen) atoms. The van der Waals surface area contributed by atoms with E-state index in [1.54, 1.807) is 31.2 Å². The van der Waals surface area contributed by atoms with Crippen LogP contribution in [0.15, 0.2) is 54.6 Å². The Morgan fingerprint density at radius 2 is 1.88 bits per heavy atom. The van der Waals surface area contributed by atoms with Crippen LogP contribution in [0.4, 0.5) is 5.69 Å². The number of ether oxygens (including phenoxy) is 1. The van der Waals surface area contributed by atoms with Crippen molar-refractivity contribution >= 4 is 29.0 Å². The van der Waals surface area contributed by atoms with Gasteiger partial charge in [-0.25, -0.2) is 4.79 Å². The second-order valence-corrected chi connectivity index (χ2v) is 6.11. The lowest BCUT2D eigenvalue weighted by molar-refractivity contribution is -0.138. The molecule has 0 aliphatic heterocycles. The molecule has 2 rings (SSSR count). The third kappa shape index (κ3) is 4.94. The second kappa shape index (κ2) is 8.49. The molecule has 0 bridgehead atoms. The number of hydrogen-bond donors (Lipinski definition) is 1. The first-order valence-electron chi connectivity index (χ1n) is 7.86. The smallest absolute Gasteiger partial charge is 0.333 e. The van der Waals surface area contributed by atoms with Gasteiger partial charge in [0, 0.05) is 28.9 Å². The van der Waals surface area contributed by atoms with Crippen LogP contribution < -0.4 is 5.32 Å². The molecular weight excluding hydrogens is 338 g/mol. The Balaban J connectivity index is 2.15. The van der Waals surface area contributed by atoms with E-state index < -0.39 is 5.97 Å². The van der Waals surface area contributed by atoms with E-state index in [1.807, 2.05) is 25.1 Å². The molecule has 1 N–H and O–H groups in total. The summed E-state index contributed by atoms with van der Waals surface area (Å²) in [6, 6.07) is 12.5. The molecule has 0 saturated carbocycles. The number of aryl methyl sites for hydroxylation is 1. The number of anilines is 1. The van der Waals surface area contributed by atoms with Crippen molar-refractivity contribution in [1.82, 2.24) is 0 Å². The zero-order valence-corrected chi connectivity index (χ0v) is 15.0. The van der Waals surface area contributed by atoms with E-state index in [1.165, 1.54) is 0 Å². The molecule has 130 valence electrons. The number of carbonyl (C=O) groups is 2. The van der Waals surface area contributed by atoms with E-state index in [0.717, 1.165) is 5.56 Å². The number of carbonyl (C=O) groups excluding carboxylic acids is 2. The largest absolute Gasteiger partial charge is 0.460 e. The van der Waals surface area contributed by atoms with Crippen LogP contribution in [0.1, 0.15) is 28.4 Å². The van der Waals surface area contributed by atoms with Crippen LogP contribution in [0.3, 0.4) is 0 Å². The summed E-state index contributed by atoms with van der Waals surface area (Å²) in [6.45, 7) is 7.60. The van der Waals surface area contributed by atoms with Gasteiger partial charge in [0.2, 0.25) is 0 Å². The minimum absolute atomic E-state index is 0.157. The highest BCUT2D eigenvalue weighted by molar-refractivity contribution is 6.35. The van der Waals surface area contributed by atoms with Crippen molar-refractivity contribution in [2.45, 2.75) is 13.8 Å². The Hall–Kier alpha value is -2.59. The van der Waals surface area contributed by atoms with Crippen molar-refractivity contribution in [3.8, 4) is 0 Å². The van der Waals surface area contributed by atoms with Crippen molar-refractivity contribution < 1.29 is 14.3 Å². The van der Waals surface area contributed by atoms with Gasteiger partial charge in [-0.2, -0.15) is 0 Å². The van der Waals surface area contributed by atoms with Crippen LogP contribution >= 0.6 is 11.6 Å². The summed E-state index contributed by atoms with van der Waals surface area (Å²) in [6.07, 6.45) is 0. The SMILES string of the molecule is C=C(C)C(=O)OCCNc1ccc(C)cc1C(=O)c1ccccc1Cl. The maximum absolute atomic E-state index is 12.8. The highest BCUT2D eigenvalue weighted by atomic mass is 35.5. The Bertz CT molecular complexity index is 814. The lowest BCUT2D eigenvalue weighted by Gasteiger charge is -2.13. The molecule has 0 spiro atoms.